The maximum absolute atomic E-state index is 4.28. The van der Waals surface area contributed by atoms with Crippen LogP contribution in [0.15, 0.2) is 65.7 Å². The second-order valence-corrected chi connectivity index (χ2v) is 5.25. The standard InChI is InChI=1S/C19H25N3/c1-3-14-21-19(20-2)22-15-18(16-10-6-4-7-11-16)17-12-8-5-9-13-17/h4-13,18H,3,14-15H2,1-2H3,(H2,20,21,22). The van der Waals surface area contributed by atoms with Crippen molar-refractivity contribution in [1.82, 2.24) is 10.6 Å². The number of hydrogen-bond donors (Lipinski definition) is 2. The highest BCUT2D eigenvalue weighted by Crippen LogP contribution is 2.23. The van der Waals surface area contributed by atoms with Crippen molar-refractivity contribution >= 4 is 5.96 Å². The van der Waals surface area contributed by atoms with Crippen LogP contribution in [0.25, 0.3) is 0 Å². The second kappa shape index (κ2) is 8.88. The first-order valence-electron chi connectivity index (χ1n) is 7.89. The van der Waals surface area contributed by atoms with Crippen LogP contribution in [0.1, 0.15) is 30.4 Å². The maximum Gasteiger partial charge on any atom is 0.191 e. The summed E-state index contributed by atoms with van der Waals surface area (Å²) in [5, 5.41) is 6.76. The minimum absolute atomic E-state index is 0.308. The molecule has 0 heterocycles. The van der Waals surface area contributed by atoms with Gasteiger partial charge in [-0.3, -0.25) is 4.99 Å². The summed E-state index contributed by atoms with van der Waals surface area (Å²) in [7, 11) is 1.81. The van der Waals surface area contributed by atoms with Crippen molar-refractivity contribution < 1.29 is 0 Å². The van der Waals surface area contributed by atoms with Crippen molar-refractivity contribution in [3.63, 3.8) is 0 Å². The van der Waals surface area contributed by atoms with E-state index < -0.39 is 0 Å². The number of guanidine groups is 1. The summed E-state index contributed by atoms with van der Waals surface area (Å²) in [4.78, 5) is 4.28. The smallest absolute Gasteiger partial charge is 0.191 e. The first-order chi connectivity index (χ1) is 10.8. The van der Waals surface area contributed by atoms with Gasteiger partial charge in [0, 0.05) is 26.1 Å². The van der Waals surface area contributed by atoms with Gasteiger partial charge in [-0.1, -0.05) is 67.6 Å². The Balaban J connectivity index is 2.12. The third-order valence-corrected chi connectivity index (χ3v) is 3.64. The second-order valence-electron chi connectivity index (χ2n) is 5.25. The molecule has 0 aliphatic carbocycles. The van der Waals surface area contributed by atoms with Gasteiger partial charge >= 0.3 is 0 Å². The van der Waals surface area contributed by atoms with Crippen LogP contribution in [-0.4, -0.2) is 26.1 Å². The molecule has 0 unspecified atom stereocenters. The molecule has 0 saturated heterocycles. The molecule has 116 valence electrons. The lowest BCUT2D eigenvalue weighted by Crippen LogP contribution is -2.39. The number of hydrogen-bond acceptors (Lipinski definition) is 1. The Morgan fingerprint density at radius 3 is 1.91 bits per heavy atom. The Labute approximate surface area is 133 Å². The average molecular weight is 295 g/mol. The van der Waals surface area contributed by atoms with Crippen molar-refractivity contribution in [3.8, 4) is 0 Å². The maximum atomic E-state index is 4.28. The number of rotatable bonds is 6. The number of nitrogens with zero attached hydrogens (tertiary/aromatic N) is 1. The highest BCUT2D eigenvalue weighted by atomic mass is 15.2. The van der Waals surface area contributed by atoms with Crippen molar-refractivity contribution in [2.45, 2.75) is 19.3 Å². The van der Waals surface area contributed by atoms with E-state index in [9.17, 15) is 0 Å². The highest BCUT2D eigenvalue weighted by Gasteiger charge is 2.14. The number of benzene rings is 2. The SMILES string of the molecule is CCCNC(=NC)NCC(c1ccccc1)c1ccccc1. The molecule has 0 bridgehead atoms. The molecule has 0 aromatic heterocycles. The summed E-state index contributed by atoms with van der Waals surface area (Å²) < 4.78 is 0. The van der Waals surface area contributed by atoms with E-state index in [0.29, 0.717) is 5.92 Å². The normalized spacial score (nSPS) is 11.5. The fourth-order valence-corrected chi connectivity index (χ4v) is 2.46. The monoisotopic (exact) mass is 295 g/mol. The van der Waals surface area contributed by atoms with Crippen LogP contribution in [-0.2, 0) is 0 Å². The molecule has 2 aromatic rings. The molecule has 2 rings (SSSR count). The molecule has 0 amide bonds. The van der Waals surface area contributed by atoms with Gasteiger partial charge in [-0.05, 0) is 17.5 Å². The number of aliphatic imine (C=N–C) groups is 1. The summed E-state index contributed by atoms with van der Waals surface area (Å²) in [5.74, 6) is 1.17. The molecule has 0 spiro atoms. The van der Waals surface area contributed by atoms with Crippen LogP contribution in [0.4, 0.5) is 0 Å². The largest absolute Gasteiger partial charge is 0.356 e. The van der Waals surface area contributed by atoms with Gasteiger partial charge in [-0.2, -0.15) is 0 Å². The Hall–Kier alpha value is -2.29. The van der Waals surface area contributed by atoms with Gasteiger partial charge in [0.15, 0.2) is 5.96 Å². The Morgan fingerprint density at radius 2 is 1.45 bits per heavy atom. The minimum Gasteiger partial charge on any atom is -0.356 e. The first kappa shape index (κ1) is 16.1. The minimum atomic E-state index is 0.308. The third kappa shape index (κ3) is 4.62. The molecule has 2 N–H and O–H groups in total. The molecule has 2 aromatic carbocycles. The summed E-state index contributed by atoms with van der Waals surface area (Å²) in [6, 6.07) is 21.2. The zero-order valence-electron chi connectivity index (χ0n) is 13.4. The van der Waals surface area contributed by atoms with Gasteiger partial charge in [0.25, 0.3) is 0 Å². The van der Waals surface area contributed by atoms with Crippen LogP contribution in [0.5, 0.6) is 0 Å². The Bertz CT molecular complexity index is 524. The van der Waals surface area contributed by atoms with Crippen LogP contribution in [0.3, 0.4) is 0 Å². The zero-order valence-corrected chi connectivity index (χ0v) is 13.4. The summed E-state index contributed by atoms with van der Waals surface area (Å²) in [6.07, 6.45) is 1.08. The van der Waals surface area contributed by atoms with Crippen LogP contribution >= 0.6 is 0 Å². The van der Waals surface area contributed by atoms with Gasteiger partial charge in [-0.15, -0.1) is 0 Å². The lowest BCUT2D eigenvalue weighted by molar-refractivity contribution is 0.722. The van der Waals surface area contributed by atoms with E-state index in [4.69, 9.17) is 0 Å². The Kier molecular flexibility index (Phi) is 6.49. The molecule has 22 heavy (non-hydrogen) atoms. The van der Waals surface area contributed by atoms with Crippen molar-refractivity contribution in [2.24, 2.45) is 4.99 Å². The van der Waals surface area contributed by atoms with E-state index in [-0.39, 0.29) is 0 Å². The van der Waals surface area contributed by atoms with Crippen LogP contribution < -0.4 is 10.6 Å². The topological polar surface area (TPSA) is 36.4 Å². The van der Waals surface area contributed by atoms with Gasteiger partial charge in [0.1, 0.15) is 0 Å². The first-order valence-corrected chi connectivity index (χ1v) is 7.89. The zero-order chi connectivity index (χ0) is 15.6. The van der Waals surface area contributed by atoms with E-state index >= 15 is 0 Å². The van der Waals surface area contributed by atoms with Gasteiger partial charge in [-0.25, -0.2) is 0 Å². The fraction of sp³-hybridized carbons (Fsp3) is 0.316. The lowest BCUT2D eigenvalue weighted by atomic mass is 9.91. The van der Waals surface area contributed by atoms with Crippen molar-refractivity contribution in [3.05, 3.63) is 71.8 Å². The molecule has 0 fully saturated rings. The van der Waals surface area contributed by atoms with Crippen LogP contribution in [0.2, 0.25) is 0 Å². The third-order valence-electron chi connectivity index (χ3n) is 3.64. The molecule has 3 nitrogen and oxygen atoms in total. The highest BCUT2D eigenvalue weighted by molar-refractivity contribution is 5.79. The Morgan fingerprint density at radius 1 is 0.909 bits per heavy atom. The van der Waals surface area contributed by atoms with Crippen molar-refractivity contribution in [2.75, 3.05) is 20.1 Å². The molecule has 0 aliphatic rings. The summed E-state index contributed by atoms with van der Waals surface area (Å²) in [6.45, 7) is 3.90. The van der Waals surface area contributed by atoms with E-state index in [2.05, 4.69) is 83.2 Å². The predicted molar refractivity (Wildman–Crippen MR) is 94.4 cm³/mol. The molecular formula is C19H25N3. The van der Waals surface area contributed by atoms with Crippen LogP contribution in [0, 0.1) is 0 Å². The van der Waals surface area contributed by atoms with E-state index in [1.165, 1.54) is 11.1 Å². The predicted octanol–water partition coefficient (Wildman–Crippen LogP) is 3.39. The quantitative estimate of drug-likeness (QED) is 0.633. The van der Waals surface area contributed by atoms with Gasteiger partial charge < -0.3 is 10.6 Å². The molecular weight excluding hydrogens is 270 g/mol. The summed E-state index contributed by atoms with van der Waals surface area (Å²) in [5.41, 5.74) is 2.62. The molecule has 0 radical (unpaired) electrons. The van der Waals surface area contributed by atoms with Crippen molar-refractivity contribution in [1.29, 1.82) is 0 Å². The molecule has 3 heteroatoms. The van der Waals surface area contributed by atoms with Gasteiger partial charge in [0.05, 0.1) is 0 Å². The fourth-order valence-electron chi connectivity index (χ4n) is 2.46. The van der Waals surface area contributed by atoms with E-state index in [0.717, 1.165) is 25.5 Å². The molecule has 0 atom stereocenters. The lowest BCUT2D eigenvalue weighted by Gasteiger charge is -2.20. The molecule has 0 aliphatic heterocycles. The molecule has 0 saturated carbocycles. The van der Waals surface area contributed by atoms with Gasteiger partial charge in [0.2, 0.25) is 0 Å². The van der Waals surface area contributed by atoms with E-state index in [1.54, 1.807) is 0 Å². The summed E-state index contributed by atoms with van der Waals surface area (Å²) >= 11 is 0. The number of nitrogens with one attached hydrogen (secondary N) is 2. The van der Waals surface area contributed by atoms with E-state index in [1.807, 2.05) is 7.05 Å². The average Bonchev–Trinajstić information content (AvgIpc) is 2.59.